The number of benzene rings is 1. The summed E-state index contributed by atoms with van der Waals surface area (Å²) >= 11 is 6.12. The van der Waals surface area contributed by atoms with Crippen LogP contribution in [0.15, 0.2) is 36.5 Å². The summed E-state index contributed by atoms with van der Waals surface area (Å²) in [6.07, 6.45) is 3.49. The molecule has 1 amide bonds. The van der Waals surface area contributed by atoms with Gasteiger partial charge < -0.3 is 19.7 Å². The van der Waals surface area contributed by atoms with Crippen LogP contribution >= 0.6 is 11.6 Å². The topological polar surface area (TPSA) is 81.0 Å². The maximum absolute atomic E-state index is 12.9. The van der Waals surface area contributed by atoms with Gasteiger partial charge in [0.2, 0.25) is 11.9 Å². The fourth-order valence-electron chi connectivity index (χ4n) is 3.60. The Morgan fingerprint density at radius 1 is 1.17 bits per heavy atom. The number of nitrogens with one attached hydrogen (secondary N) is 1. The molecule has 1 aliphatic heterocycles. The molecule has 29 heavy (non-hydrogen) atoms. The van der Waals surface area contributed by atoms with Crippen LogP contribution < -0.4 is 19.7 Å². The van der Waals surface area contributed by atoms with Gasteiger partial charge in [0.1, 0.15) is 0 Å². The summed E-state index contributed by atoms with van der Waals surface area (Å²) in [5.41, 5.74) is 1.39. The van der Waals surface area contributed by atoms with E-state index in [1.807, 2.05) is 10.5 Å². The summed E-state index contributed by atoms with van der Waals surface area (Å²) in [5.74, 6) is 1.69. The van der Waals surface area contributed by atoms with E-state index in [1.165, 1.54) is 0 Å². The molecule has 1 aliphatic rings. The molecule has 0 radical (unpaired) electrons. The van der Waals surface area contributed by atoms with Crippen LogP contribution in [0.3, 0.4) is 0 Å². The highest BCUT2D eigenvalue weighted by molar-refractivity contribution is 6.30. The number of pyridine rings is 1. The molecule has 0 saturated carbocycles. The number of nitrogens with zero attached hydrogens (tertiary/aromatic N) is 4. The molecule has 0 spiro atoms. The summed E-state index contributed by atoms with van der Waals surface area (Å²) in [4.78, 5) is 15.0. The number of halogens is 1. The van der Waals surface area contributed by atoms with Crippen molar-refractivity contribution in [3.05, 3.63) is 41.6 Å². The molecule has 0 aliphatic carbocycles. The maximum atomic E-state index is 12.9. The average molecular weight is 416 g/mol. The van der Waals surface area contributed by atoms with E-state index >= 15 is 0 Å². The third-order valence-electron chi connectivity index (χ3n) is 5.07. The Morgan fingerprint density at radius 2 is 2.00 bits per heavy atom. The first-order chi connectivity index (χ1) is 14.1. The molecular formula is C20H22ClN5O3. The molecule has 1 aromatic carbocycles. The molecule has 8 nitrogen and oxygen atoms in total. The van der Waals surface area contributed by atoms with Crippen molar-refractivity contribution in [2.45, 2.75) is 12.8 Å². The molecule has 1 fully saturated rings. The monoisotopic (exact) mass is 415 g/mol. The standard InChI is InChI=1S/C20H22ClN5O3/c1-28-16-7-6-15(10-17(16)29-2)22-19(27)13-4-3-9-25(11-13)20-24-23-18-8-5-14(21)12-26(18)20/h5-8,10,12-13H,3-4,9,11H2,1-2H3,(H,22,27)/t13-/m0/s1. The lowest BCUT2D eigenvalue weighted by atomic mass is 9.97. The zero-order valence-electron chi connectivity index (χ0n) is 16.3. The van der Waals surface area contributed by atoms with Crippen LogP contribution in [0.25, 0.3) is 5.65 Å². The Bertz CT molecular complexity index is 1040. The highest BCUT2D eigenvalue weighted by atomic mass is 35.5. The molecule has 2 aromatic heterocycles. The molecule has 4 rings (SSSR count). The van der Waals surface area contributed by atoms with E-state index in [1.54, 1.807) is 44.7 Å². The fourth-order valence-corrected chi connectivity index (χ4v) is 3.76. The Balaban J connectivity index is 1.49. The molecule has 9 heteroatoms. The van der Waals surface area contributed by atoms with E-state index in [4.69, 9.17) is 21.1 Å². The number of carbonyl (C=O) groups excluding carboxylic acids is 1. The lowest BCUT2D eigenvalue weighted by Crippen LogP contribution is -2.41. The number of ether oxygens (including phenoxy) is 2. The van der Waals surface area contributed by atoms with Crippen molar-refractivity contribution in [3.8, 4) is 11.5 Å². The van der Waals surface area contributed by atoms with Crippen molar-refractivity contribution < 1.29 is 14.3 Å². The van der Waals surface area contributed by atoms with Gasteiger partial charge >= 0.3 is 0 Å². The van der Waals surface area contributed by atoms with Crippen LogP contribution in [0, 0.1) is 5.92 Å². The fraction of sp³-hybridized carbons (Fsp3) is 0.350. The molecule has 3 aromatic rings. The van der Waals surface area contributed by atoms with Crippen LogP contribution in [-0.4, -0.2) is 47.8 Å². The Hall–Kier alpha value is -3.00. The quantitative estimate of drug-likeness (QED) is 0.688. The second-order valence-electron chi connectivity index (χ2n) is 6.92. The minimum Gasteiger partial charge on any atom is -0.493 e. The van der Waals surface area contributed by atoms with Crippen LogP contribution in [0.1, 0.15) is 12.8 Å². The molecule has 152 valence electrons. The number of hydrogen-bond donors (Lipinski definition) is 1. The van der Waals surface area contributed by atoms with E-state index in [2.05, 4.69) is 20.4 Å². The number of anilines is 2. The van der Waals surface area contributed by atoms with Gasteiger partial charge in [-0.2, -0.15) is 0 Å². The Morgan fingerprint density at radius 3 is 2.79 bits per heavy atom. The van der Waals surface area contributed by atoms with Gasteiger partial charge in [0.05, 0.1) is 25.2 Å². The molecule has 0 unspecified atom stereocenters. The smallest absolute Gasteiger partial charge is 0.231 e. The van der Waals surface area contributed by atoms with Crippen LogP contribution in [-0.2, 0) is 4.79 Å². The van der Waals surface area contributed by atoms with E-state index < -0.39 is 0 Å². The number of methoxy groups -OCH3 is 2. The van der Waals surface area contributed by atoms with Gasteiger partial charge in [0, 0.05) is 31.0 Å². The van der Waals surface area contributed by atoms with Gasteiger partial charge in [-0.25, -0.2) is 0 Å². The SMILES string of the molecule is COc1ccc(NC(=O)[C@H]2CCCN(c3nnc4ccc(Cl)cn34)C2)cc1OC. The van der Waals surface area contributed by atoms with Gasteiger partial charge in [-0.1, -0.05) is 11.6 Å². The van der Waals surface area contributed by atoms with E-state index in [9.17, 15) is 4.79 Å². The van der Waals surface area contributed by atoms with Gasteiger partial charge in [-0.3, -0.25) is 9.20 Å². The summed E-state index contributed by atoms with van der Waals surface area (Å²) in [7, 11) is 3.14. The second-order valence-corrected chi connectivity index (χ2v) is 7.36. The molecule has 1 saturated heterocycles. The van der Waals surface area contributed by atoms with Crippen molar-refractivity contribution in [2.75, 3.05) is 37.5 Å². The normalized spacial score (nSPS) is 16.7. The van der Waals surface area contributed by atoms with E-state index in [-0.39, 0.29) is 11.8 Å². The second kappa shape index (κ2) is 8.16. The number of amides is 1. The van der Waals surface area contributed by atoms with Gasteiger partial charge in [0.25, 0.3) is 0 Å². The van der Waals surface area contributed by atoms with Crippen molar-refractivity contribution in [1.29, 1.82) is 0 Å². The Kier molecular flexibility index (Phi) is 5.44. The number of aromatic nitrogens is 3. The summed E-state index contributed by atoms with van der Waals surface area (Å²) < 4.78 is 12.4. The van der Waals surface area contributed by atoms with Crippen molar-refractivity contribution in [3.63, 3.8) is 0 Å². The third kappa shape index (κ3) is 3.93. The average Bonchev–Trinajstić information content (AvgIpc) is 3.16. The van der Waals surface area contributed by atoms with Crippen molar-refractivity contribution in [1.82, 2.24) is 14.6 Å². The van der Waals surface area contributed by atoms with Gasteiger partial charge in [-0.15, -0.1) is 10.2 Å². The number of rotatable bonds is 5. The van der Waals surface area contributed by atoms with E-state index in [0.29, 0.717) is 34.7 Å². The first-order valence-electron chi connectivity index (χ1n) is 9.37. The van der Waals surface area contributed by atoms with E-state index in [0.717, 1.165) is 25.0 Å². The largest absolute Gasteiger partial charge is 0.493 e. The van der Waals surface area contributed by atoms with Crippen molar-refractivity contribution in [2.24, 2.45) is 5.92 Å². The Labute approximate surface area is 173 Å². The molecular weight excluding hydrogens is 394 g/mol. The van der Waals surface area contributed by atoms with Crippen LogP contribution in [0.4, 0.5) is 11.6 Å². The highest BCUT2D eigenvalue weighted by Gasteiger charge is 2.28. The minimum absolute atomic E-state index is 0.0335. The number of hydrogen-bond acceptors (Lipinski definition) is 6. The summed E-state index contributed by atoms with van der Waals surface area (Å²) in [6, 6.07) is 8.93. The molecule has 1 atom stereocenters. The molecule has 1 N–H and O–H groups in total. The van der Waals surface area contributed by atoms with Crippen LogP contribution in [0.2, 0.25) is 5.02 Å². The zero-order chi connectivity index (χ0) is 20.4. The highest BCUT2D eigenvalue weighted by Crippen LogP contribution is 2.30. The van der Waals surface area contributed by atoms with Gasteiger partial charge in [0.15, 0.2) is 17.1 Å². The summed E-state index contributed by atoms with van der Waals surface area (Å²) in [5, 5.41) is 12.1. The lowest BCUT2D eigenvalue weighted by molar-refractivity contribution is -0.120. The number of carbonyl (C=O) groups is 1. The first kappa shape index (κ1) is 19.3. The maximum Gasteiger partial charge on any atom is 0.231 e. The predicted octanol–water partition coefficient (Wildman–Crippen LogP) is 3.26. The predicted molar refractivity (Wildman–Crippen MR) is 111 cm³/mol. The van der Waals surface area contributed by atoms with Gasteiger partial charge in [-0.05, 0) is 37.1 Å². The number of fused-ring (bicyclic) bond motifs is 1. The molecule has 3 heterocycles. The summed E-state index contributed by atoms with van der Waals surface area (Å²) in [6.45, 7) is 1.37. The third-order valence-corrected chi connectivity index (χ3v) is 5.30. The zero-order valence-corrected chi connectivity index (χ0v) is 17.0. The van der Waals surface area contributed by atoms with Crippen molar-refractivity contribution >= 4 is 34.8 Å². The first-order valence-corrected chi connectivity index (χ1v) is 9.75. The lowest BCUT2D eigenvalue weighted by Gasteiger charge is -2.32. The minimum atomic E-state index is -0.164. The molecule has 0 bridgehead atoms. The number of piperidine rings is 1. The van der Waals surface area contributed by atoms with Crippen LogP contribution in [0.5, 0.6) is 11.5 Å².